The van der Waals surface area contributed by atoms with Gasteiger partial charge in [0.05, 0.1) is 16.2 Å². The standard InChI is InChI=1S/C23H20FN3O.C21H22F3N5O2/c24-18-9-11-19(12-10-18)27-22-21-20(13-14-25-23(21)28)17(15-26-22)8-4-7-16-5-2-1-3-6-16;1-20(2,19(31)25-3)13-4-6-14(7-5-13)28-17-16-12(8-9-26-18(16)30)10-15(29-17)27-11-21(22,23)24/h1-3,5-6,9-15H,4,7-8H2,(H,25,28)(H,26,27);4-10H,11H2,1-3H3,(H,25,31)(H,26,30)(H2,27,28,29). The summed E-state index contributed by atoms with van der Waals surface area (Å²) in [7, 11) is 1.56. The molecule has 59 heavy (non-hydrogen) atoms. The van der Waals surface area contributed by atoms with Gasteiger partial charge in [-0.1, -0.05) is 42.5 Å². The number of likely N-dealkylation sites (N-methyl/N-ethyl adjacent to an activating group) is 1. The molecule has 4 heterocycles. The molecule has 7 rings (SSSR count). The zero-order chi connectivity index (χ0) is 42.2. The van der Waals surface area contributed by atoms with Gasteiger partial charge in [0.1, 0.15) is 29.8 Å². The Labute approximate surface area is 336 Å². The van der Waals surface area contributed by atoms with Crippen molar-refractivity contribution in [3.8, 4) is 0 Å². The molecule has 0 saturated heterocycles. The summed E-state index contributed by atoms with van der Waals surface area (Å²) < 4.78 is 50.9. The smallest absolute Gasteiger partial charge is 0.361 e. The summed E-state index contributed by atoms with van der Waals surface area (Å²) in [4.78, 5) is 50.8. The van der Waals surface area contributed by atoms with E-state index in [-0.39, 0.29) is 34.3 Å². The zero-order valence-electron chi connectivity index (χ0n) is 32.4. The first kappa shape index (κ1) is 41.6. The van der Waals surface area contributed by atoms with Gasteiger partial charge in [0, 0.05) is 37.0 Å². The second kappa shape index (κ2) is 18.1. The van der Waals surface area contributed by atoms with Gasteiger partial charge in [-0.05, 0) is 115 Å². The first-order valence-corrected chi connectivity index (χ1v) is 18.7. The number of carbonyl (C=O) groups excluding carboxylic acids is 1. The number of rotatable bonds is 12. The third kappa shape index (κ3) is 10.5. The van der Waals surface area contributed by atoms with E-state index >= 15 is 0 Å². The minimum absolute atomic E-state index is 0.0182. The number of benzene rings is 3. The van der Waals surface area contributed by atoms with Crippen LogP contribution in [0.5, 0.6) is 0 Å². The molecule has 7 aromatic rings. The van der Waals surface area contributed by atoms with Crippen molar-refractivity contribution in [2.24, 2.45) is 0 Å². The second-order valence-corrected chi connectivity index (χ2v) is 14.2. The van der Waals surface area contributed by atoms with E-state index in [1.54, 1.807) is 69.6 Å². The average Bonchev–Trinajstić information content (AvgIpc) is 3.22. The summed E-state index contributed by atoms with van der Waals surface area (Å²) in [5, 5.41) is 13.0. The van der Waals surface area contributed by atoms with Gasteiger partial charge in [0.15, 0.2) is 0 Å². The van der Waals surface area contributed by atoms with Crippen LogP contribution in [0, 0.1) is 5.82 Å². The number of fused-ring (bicyclic) bond motifs is 2. The van der Waals surface area contributed by atoms with Crippen LogP contribution >= 0.6 is 0 Å². The van der Waals surface area contributed by atoms with Crippen molar-refractivity contribution < 1.29 is 22.4 Å². The molecule has 6 N–H and O–H groups in total. The molecule has 3 aromatic carbocycles. The van der Waals surface area contributed by atoms with Crippen LogP contribution in [0.15, 0.2) is 125 Å². The summed E-state index contributed by atoms with van der Waals surface area (Å²) in [5.74, 6) is 0.110. The molecule has 0 atom stereocenters. The van der Waals surface area contributed by atoms with Gasteiger partial charge in [0.2, 0.25) is 5.91 Å². The lowest BCUT2D eigenvalue weighted by atomic mass is 9.83. The Balaban J connectivity index is 0.000000199. The highest BCUT2D eigenvalue weighted by molar-refractivity contribution is 5.95. The topological polar surface area (TPSA) is 157 Å². The molecule has 11 nitrogen and oxygen atoms in total. The Morgan fingerprint density at radius 1 is 0.763 bits per heavy atom. The number of carbonyl (C=O) groups is 1. The number of H-pyrrole nitrogens is 2. The predicted octanol–water partition coefficient (Wildman–Crippen LogP) is 8.65. The number of aryl methyl sites for hydroxylation is 2. The Hall–Kier alpha value is -7.03. The SMILES string of the molecule is CNC(=O)C(C)(C)c1ccc(Nc2nc(NCC(F)(F)F)cc3cc[nH]c(=O)c23)cc1.O=c1[nH]ccc2c(CCCc3ccccc3)cnc(Nc3ccc(F)cc3)c12. The second-order valence-electron chi connectivity index (χ2n) is 14.2. The zero-order valence-corrected chi connectivity index (χ0v) is 32.4. The van der Waals surface area contributed by atoms with Crippen molar-refractivity contribution in [2.45, 2.75) is 44.7 Å². The van der Waals surface area contributed by atoms with E-state index in [9.17, 15) is 31.9 Å². The Bertz CT molecular complexity index is 2660. The Morgan fingerprint density at radius 2 is 1.39 bits per heavy atom. The Morgan fingerprint density at radius 3 is 2.05 bits per heavy atom. The minimum atomic E-state index is -4.41. The summed E-state index contributed by atoms with van der Waals surface area (Å²) in [6, 6.07) is 28.1. The van der Waals surface area contributed by atoms with Crippen LogP contribution in [0.25, 0.3) is 21.5 Å². The highest BCUT2D eigenvalue weighted by atomic mass is 19.4. The lowest BCUT2D eigenvalue weighted by Crippen LogP contribution is -2.37. The molecule has 0 aliphatic carbocycles. The summed E-state index contributed by atoms with van der Waals surface area (Å²) in [6.07, 6.45) is 3.26. The number of alkyl halides is 3. The van der Waals surface area contributed by atoms with Crippen molar-refractivity contribution >= 4 is 56.3 Å². The molecule has 0 saturated carbocycles. The number of hydrogen-bond acceptors (Lipinski definition) is 8. The molecule has 4 aromatic heterocycles. The van der Waals surface area contributed by atoms with E-state index in [1.807, 2.05) is 30.5 Å². The molecule has 0 fully saturated rings. The number of aromatic nitrogens is 4. The quantitative estimate of drug-likeness (QED) is 0.0671. The highest BCUT2D eigenvalue weighted by Gasteiger charge is 2.29. The molecule has 304 valence electrons. The lowest BCUT2D eigenvalue weighted by molar-refractivity contribution is -0.125. The fourth-order valence-electron chi connectivity index (χ4n) is 6.49. The normalized spacial score (nSPS) is 11.4. The van der Waals surface area contributed by atoms with Gasteiger partial charge < -0.3 is 31.2 Å². The van der Waals surface area contributed by atoms with Crippen LogP contribution in [0.4, 0.5) is 46.4 Å². The molecule has 0 aliphatic rings. The summed E-state index contributed by atoms with van der Waals surface area (Å²) >= 11 is 0. The molecule has 1 amide bonds. The molecule has 0 unspecified atom stereocenters. The third-order valence-electron chi connectivity index (χ3n) is 9.64. The van der Waals surface area contributed by atoms with Crippen molar-refractivity contribution in [2.75, 3.05) is 29.5 Å². The number of hydrogen-bond donors (Lipinski definition) is 6. The monoisotopic (exact) mass is 806 g/mol. The van der Waals surface area contributed by atoms with E-state index in [0.29, 0.717) is 28.0 Å². The molecule has 15 heteroatoms. The fraction of sp³-hybridized carbons (Fsp3) is 0.205. The van der Waals surface area contributed by atoms with Gasteiger partial charge in [0.25, 0.3) is 11.1 Å². The predicted molar refractivity (Wildman–Crippen MR) is 224 cm³/mol. The van der Waals surface area contributed by atoms with E-state index in [4.69, 9.17) is 0 Å². The van der Waals surface area contributed by atoms with Crippen LogP contribution in [0.3, 0.4) is 0 Å². The number of nitrogens with zero attached hydrogens (tertiary/aromatic N) is 2. The van der Waals surface area contributed by atoms with E-state index in [1.165, 1.54) is 30.0 Å². The molecule has 0 spiro atoms. The van der Waals surface area contributed by atoms with Crippen LogP contribution in [-0.4, -0.2) is 45.6 Å². The third-order valence-corrected chi connectivity index (χ3v) is 9.64. The van der Waals surface area contributed by atoms with Gasteiger partial charge in [-0.15, -0.1) is 0 Å². The molecular weight excluding hydrogens is 765 g/mol. The number of halogens is 4. The van der Waals surface area contributed by atoms with E-state index in [2.05, 4.69) is 53.3 Å². The van der Waals surface area contributed by atoms with E-state index in [0.717, 1.165) is 35.8 Å². The lowest BCUT2D eigenvalue weighted by Gasteiger charge is -2.23. The largest absolute Gasteiger partial charge is 0.405 e. The number of pyridine rings is 4. The average molecular weight is 807 g/mol. The number of nitrogens with one attached hydrogen (secondary N) is 6. The van der Waals surface area contributed by atoms with Crippen molar-refractivity contribution in [1.29, 1.82) is 0 Å². The van der Waals surface area contributed by atoms with Gasteiger partial charge in [-0.2, -0.15) is 13.2 Å². The molecule has 0 radical (unpaired) electrons. The number of anilines is 5. The maximum absolute atomic E-state index is 13.1. The maximum Gasteiger partial charge on any atom is 0.405 e. The van der Waals surface area contributed by atoms with Crippen molar-refractivity contribution in [1.82, 2.24) is 25.3 Å². The van der Waals surface area contributed by atoms with Crippen LogP contribution in [0.1, 0.15) is 37.0 Å². The van der Waals surface area contributed by atoms with Crippen LogP contribution in [0.2, 0.25) is 0 Å². The number of amides is 1. The fourth-order valence-corrected chi connectivity index (χ4v) is 6.49. The molecule has 0 bridgehead atoms. The minimum Gasteiger partial charge on any atom is -0.361 e. The van der Waals surface area contributed by atoms with Crippen LogP contribution < -0.4 is 32.4 Å². The Kier molecular flexibility index (Phi) is 12.7. The first-order chi connectivity index (χ1) is 28.2. The highest BCUT2D eigenvalue weighted by Crippen LogP contribution is 2.29. The van der Waals surface area contributed by atoms with Gasteiger partial charge in [-0.3, -0.25) is 14.4 Å². The summed E-state index contributed by atoms with van der Waals surface area (Å²) in [5.41, 5.74) is 2.97. The van der Waals surface area contributed by atoms with Crippen molar-refractivity contribution in [3.05, 3.63) is 159 Å². The van der Waals surface area contributed by atoms with E-state index < -0.39 is 23.7 Å². The number of aromatic amines is 2. The van der Waals surface area contributed by atoms with Gasteiger partial charge >= 0.3 is 6.18 Å². The van der Waals surface area contributed by atoms with Gasteiger partial charge in [-0.25, -0.2) is 14.4 Å². The first-order valence-electron chi connectivity index (χ1n) is 18.7. The summed E-state index contributed by atoms with van der Waals surface area (Å²) in [6.45, 7) is 2.33. The van der Waals surface area contributed by atoms with Crippen molar-refractivity contribution in [3.63, 3.8) is 0 Å². The maximum atomic E-state index is 13.1. The van der Waals surface area contributed by atoms with Crippen LogP contribution in [-0.2, 0) is 23.1 Å². The molecule has 0 aliphatic heterocycles. The molecular formula is C44H42F4N8O3.